The molecule has 7 nitrogen and oxygen atoms in total. The molecule has 0 radical (unpaired) electrons. The van der Waals surface area contributed by atoms with Gasteiger partial charge in [-0.25, -0.2) is 9.97 Å². The van der Waals surface area contributed by atoms with Crippen molar-refractivity contribution < 1.29 is 14.4 Å². The first-order valence-electron chi connectivity index (χ1n) is 4.06. The highest BCUT2D eigenvalue weighted by Gasteiger charge is 2.11. The van der Waals surface area contributed by atoms with Crippen LogP contribution in [0.1, 0.15) is 5.89 Å². The lowest BCUT2D eigenvalue weighted by molar-refractivity contribution is -0.136. The van der Waals surface area contributed by atoms with Crippen LogP contribution in [-0.2, 0) is 11.2 Å². The molecule has 2 rings (SSSR count). The van der Waals surface area contributed by atoms with Gasteiger partial charge in [0, 0.05) is 6.20 Å². The van der Waals surface area contributed by atoms with Gasteiger partial charge in [-0.1, -0.05) is 5.16 Å². The highest BCUT2D eigenvalue weighted by molar-refractivity contribution is 5.68. The Hall–Kier alpha value is -2.31. The number of aliphatic carboxylic acids is 1. The van der Waals surface area contributed by atoms with Gasteiger partial charge in [0.15, 0.2) is 0 Å². The van der Waals surface area contributed by atoms with E-state index in [0.29, 0.717) is 5.69 Å². The fraction of sp³-hybridized carbons (Fsp3) is 0.125. The molecule has 1 N–H and O–H groups in total. The molecule has 2 heterocycles. The number of carboxylic acid groups (broad SMARTS) is 1. The standard InChI is InChI=1S/C8H6N4O3/c13-7(14)3-6-11-8(12-15-6)5-1-2-9-4-10-5/h1-2,4H,3H2,(H,13,14). The largest absolute Gasteiger partial charge is 0.481 e. The first-order chi connectivity index (χ1) is 7.25. The van der Waals surface area contributed by atoms with Crippen LogP contribution < -0.4 is 0 Å². The summed E-state index contributed by atoms with van der Waals surface area (Å²) in [5.41, 5.74) is 0.491. The maximum atomic E-state index is 10.4. The Morgan fingerprint density at radius 3 is 3.07 bits per heavy atom. The number of hydrogen-bond donors (Lipinski definition) is 1. The van der Waals surface area contributed by atoms with Gasteiger partial charge >= 0.3 is 5.97 Å². The second kappa shape index (κ2) is 3.82. The van der Waals surface area contributed by atoms with Crippen LogP contribution in [0.25, 0.3) is 11.5 Å². The van der Waals surface area contributed by atoms with E-state index in [9.17, 15) is 4.79 Å². The molecule has 0 spiro atoms. The lowest BCUT2D eigenvalue weighted by atomic mass is 10.4. The molecule has 0 aliphatic carbocycles. The number of nitrogens with zero attached hydrogens (tertiary/aromatic N) is 4. The molecule has 0 aliphatic rings. The Balaban J connectivity index is 2.24. The molecule has 0 saturated carbocycles. The van der Waals surface area contributed by atoms with Crippen molar-refractivity contribution >= 4 is 5.97 Å². The van der Waals surface area contributed by atoms with Crippen molar-refractivity contribution in [2.75, 3.05) is 0 Å². The van der Waals surface area contributed by atoms with Crippen molar-refractivity contribution in [3.8, 4) is 11.5 Å². The molecule has 7 heteroatoms. The molecule has 0 saturated heterocycles. The van der Waals surface area contributed by atoms with Gasteiger partial charge in [0.25, 0.3) is 0 Å². The summed E-state index contributed by atoms with van der Waals surface area (Å²) in [6.45, 7) is 0. The van der Waals surface area contributed by atoms with Crippen molar-refractivity contribution in [3.05, 3.63) is 24.5 Å². The predicted molar refractivity (Wildman–Crippen MR) is 46.7 cm³/mol. The molecule has 2 aromatic rings. The van der Waals surface area contributed by atoms with Crippen molar-refractivity contribution in [1.82, 2.24) is 20.1 Å². The summed E-state index contributed by atoms with van der Waals surface area (Å²) in [6, 6.07) is 1.61. The molecule has 0 bridgehead atoms. The number of carboxylic acids is 1. The molecule has 0 amide bonds. The average molecular weight is 206 g/mol. The van der Waals surface area contributed by atoms with Crippen molar-refractivity contribution in [1.29, 1.82) is 0 Å². The number of aromatic nitrogens is 4. The maximum Gasteiger partial charge on any atom is 0.312 e. The van der Waals surface area contributed by atoms with Crippen LogP contribution in [0.3, 0.4) is 0 Å². The van der Waals surface area contributed by atoms with Crippen LogP contribution in [0.15, 0.2) is 23.1 Å². The molecule has 0 atom stereocenters. The highest BCUT2D eigenvalue weighted by atomic mass is 16.5. The van der Waals surface area contributed by atoms with Crippen LogP contribution in [-0.4, -0.2) is 31.2 Å². The maximum absolute atomic E-state index is 10.4. The molecule has 2 aromatic heterocycles. The highest BCUT2D eigenvalue weighted by Crippen LogP contribution is 2.11. The molecular weight excluding hydrogens is 200 g/mol. The van der Waals surface area contributed by atoms with E-state index >= 15 is 0 Å². The van der Waals surface area contributed by atoms with E-state index in [-0.39, 0.29) is 18.1 Å². The lowest BCUT2D eigenvalue weighted by Crippen LogP contribution is -1.99. The van der Waals surface area contributed by atoms with Gasteiger partial charge in [-0.3, -0.25) is 4.79 Å². The van der Waals surface area contributed by atoms with Crippen molar-refractivity contribution in [3.63, 3.8) is 0 Å². The molecule has 0 fully saturated rings. The second-order valence-electron chi connectivity index (χ2n) is 2.68. The van der Waals surface area contributed by atoms with E-state index < -0.39 is 5.97 Å². The van der Waals surface area contributed by atoms with Gasteiger partial charge in [-0.2, -0.15) is 4.98 Å². The SMILES string of the molecule is O=C(O)Cc1nc(-c2ccncn2)no1. The third-order valence-corrected chi connectivity index (χ3v) is 1.58. The molecule has 15 heavy (non-hydrogen) atoms. The Labute approximate surface area is 83.8 Å². The van der Waals surface area contributed by atoms with Crippen molar-refractivity contribution in [2.24, 2.45) is 0 Å². The third kappa shape index (κ3) is 2.13. The Morgan fingerprint density at radius 2 is 2.40 bits per heavy atom. The molecule has 0 unspecified atom stereocenters. The molecule has 76 valence electrons. The average Bonchev–Trinajstić information content (AvgIpc) is 2.67. The Morgan fingerprint density at radius 1 is 1.53 bits per heavy atom. The zero-order valence-corrected chi connectivity index (χ0v) is 7.49. The van der Waals surface area contributed by atoms with Gasteiger partial charge in [0.2, 0.25) is 11.7 Å². The van der Waals surface area contributed by atoms with Gasteiger partial charge in [-0.15, -0.1) is 0 Å². The third-order valence-electron chi connectivity index (χ3n) is 1.58. The predicted octanol–water partition coefficient (Wildman–Crippen LogP) is 0.154. The summed E-state index contributed by atoms with van der Waals surface area (Å²) in [6.07, 6.45) is 2.59. The molecular formula is C8H6N4O3. The first kappa shape index (κ1) is 9.25. The van der Waals surface area contributed by atoms with Crippen LogP contribution in [0.4, 0.5) is 0 Å². The quantitative estimate of drug-likeness (QED) is 0.762. The fourth-order valence-corrected chi connectivity index (χ4v) is 0.983. The normalized spacial score (nSPS) is 10.1. The zero-order chi connectivity index (χ0) is 10.7. The number of carbonyl (C=O) groups is 1. The minimum atomic E-state index is -1.02. The first-order valence-corrected chi connectivity index (χ1v) is 4.06. The van der Waals surface area contributed by atoms with Gasteiger partial charge in [-0.05, 0) is 6.07 Å². The summed E-state index contributed by atoms with van der Waals surface area (Å²) >= 11 is 0. The van der Waals surface area contributed by atoms with Gasteiger partial charge < -0.3 is 9.63 Å². The van der Waals surface area contributed by atoms with Crippen LogP contribution in [0, 0.1) is 0 Å². The van der Waals surface area contributed by atoms with E-state index in [1.165, 1.54) is 12.5 Å². The smallest absolute Gasteiger partial charge is 0.312 e. The van der Waals surface area contributed by atoms with E-state index in [1.54, 1.807) is 6.07 Å². The van der Waals surface area contributed by atoms with E-state index in [4.69, 9.17) is 9.63 Å². The van der Waals surface area contributed by atoms with E-state index in [2.05, 4.69) is 20.1 Å². The lowest BCUT2D eigenvalue weighted by Gasteiger charge is -1.88. The Bertz CT molecular complexity index is 468. The zero-order valence-electron chi connectivity index (χ0n) is 7.49. The van der Waals surface area contributed by atoms with Crippen LogP contribution >= 0.6 is 0 Å². The second-order valence-corrected chi connectivity index (χ2v) is 2.68. The van der Waals surface area contributed by atoms with Crippen molar-refractivity contribution in [2.45, 2.75) is 6.42 Å². The summed E-state index contributed by atoms with van der Waals surface area (Å²) in [5.74, 6) is -0.711. The summed E-state index contributed by atoms with van der Waals surface area (Å²) in [7, 11) is 0. The number of hydrogen-bond acceptors (Lipinski definition) is 6. The van der Waals surface area contributed by atoms with Gasteiger partial charge in [0.05, 0.1) is 0 Å². The van der Waals surface area contributed by atoms with Gasteiger partial charge in [0.1, 0.15) is 18.4 Å². The van der Waals surface area contributed by atoms with Crippen LogP contribution in [0.5, 0.6) is 0 Å². The topological polar surface area (TPSA) is 102 Å². The minimum Gasteiger partial charge on any atom is -0.481 e. The minimum absolute atomic E-state index is 0.0520. The Kier molecular flexibility index (Phi) is 2.36. The summed E-state index contributed by atoms with van der Waals surface area (Å²) in [5, 5.41) is 12.1. The summed E-state index contributed by atoms with van der Waals surface area (Å²) in [4.78, 5) is 21.9. The van der Waals surface area contributed by atoms with E-state index in [0.717, 1.165) is 0 Å². The van der Waals surface area contributed by atoms with Crippen LogP contribution in [0.2, 0.25) is 0 Å². The van der Waals surface area contributed by atoms with E-state index in [1.807, 2.05) is 0 Å². The number of rotatable bonds is 3. The molecule has 0 aliphatic heterocycles. The monoisotopic (exact) mass is 206 g/mol. The summed E-state index contributed by atoms with van der Waals surface area (Å²) < 4.78 is 4.73. The molecule has 0 aromatic carbocycles. The fourth-order valence-electron chi connectivity index (χ4n) is 0.983.